The highest BCUT2D eigenvalue weighted by Crippen LogP contribution is 2.26. The van der Waals surface area contributed by atoms with Crippen molar-refractivity contribution in [2.75, 3.05) is 6.54 Å². The molecule has 3 nitrogen and oxygen atoms in total. The number of benzene rings is 1. The summed E-state index contributed by atoms with van der Waals surface area (Å²) in [5.41, 5.74) is 2.01. The summed E-state index contributed by atoms with van der Waals surface area (Å²) in [4.78, 5) is 25.7. The second kappa shape index (κ2) is 4.56. The van der Waals surface area contributed by atoms with Crippen LogP contribution in [0, 0.1) is 0 Å². The molecular formula is C15H17NO2. The molecule has 1 amide bonds. The number of Topliss-reactive ketones (excluding diaryl/α,β-unsaturated/α-hetero) is 1. The molecule has 1 aromatic carbocycles. The molecule has 0 N–H and O–H groups in total. The standard InChI is InChI=1S/C15H17NO2/c17-13-7-5-12(6-8-13)16-10-9-11-3-1-2-4-14(11)15(16)18/h1-4,12H,5-10H2. The van der Waals surface area contributed by atoms with Crippen molar-refractivity contribution < 1.29 is 9.59 Å². The lowest BCUT2D eigenvalue weighted by atomic mass is 9.90. The second-order valence-electron chi connectivity index (χ2n) is 5.18. The molecule has 0 saturated heterocycles. The maximum atomic E-state index is 12.4. The molecule has 18 heavy (non-hydrogen) atoms. The molecule has 0 unspecified atom stereocenters. The summed E-state index contributed by atoms with van der Waals surface area (Å²) in [5, 5.41) is 0. The number of rotatable bonds is 1. The van der Waals surface area contributed by atoms with Crippen molar-refractivity contribution in [3.8, 4) is 0 Å². The summed E-state index contributed by atoms with van der Waals surface area (Å²) in [5.74, 6) is 0.493. The van der Waals surface area contributed by atoms with Crippen LogP contribution in [0.1, 0.15) is 41.6 Å². The minimum atomic E-state index is 0.149. The summed E-state index contributed by atoms with van der Waals surface area (Å²) in [6, 6.07) is 8.13. The molecule has 0 atom stereocenters. The predicted molar refractivity (Wildman–Crippen MR) is 68.4 cm³/mol. The third-order valence-corrected chi connectivity index (χ3v) is 4.08. The van der Waals surface area contributed by atoms with E-state index in [1.807, 2.05) is 29.2 Å². The summed E-state index contributed by atoms with van der Waals surface area (Å²) in [6.45, 7) is 0.800. The first-order valence-electron chi connectivity index (χ1n) is 6.66. The summed E-state index contributed by atoms with van der Waals surface area (Å²) in [7, 11) is 0. The first kappa shape index (κ1) is 11.5. The number of hydrogen-bond acceptors (Lipinski definition) is 2. The largest absolute Gasteiger partial charge is 0.335 e. The van der Waals surface area contributed by atoms with Gasteiger partial charge in [0, 0.05) is 31.0 Å². The lowest BCUT2D eigenvalue weighted by Crippen LogP contribution is -2.46. The number of carbonyl (C=O) groups excluding carboxylic acids is 2. The van der Waals surface area contributed by atoms with E-state index in [4.69, 9.17) is 0 Å². The molecule has 0 spiro atoms. The highest BCUT2D eigenvalue weighted by atomic mass is 16.2. The molecule has 3 heteroatoms. The fourth-order valence-corrected chi connectivity index (χ4v) is 3.03. The van der Waals surface area contributed by atoms with Crippen LogP contribution in [0.15, 0.2) is 24.3 Å². The van der Waals surface area contributed by atoms with Gasteiger partial charge < -0.3 is 4.90 Å². The zero-order valence-electron chi connectivity index (χ0n) is 10.4. The fourth-order valence-electron chi connectivity index (χ4n) is 3.03. The van der Waals surface area contributed by atoms with Gasteiger partial charge in [-0.1, -0.05) is 18.2 Å². The quantitative estimate of drug-likeness (QED) is 0.758. The molecule has 1 aromatic rings. The Kier molecular flexibility index (Phi) is 2.90. The molecule has 1 fully saturated rings. The van der Waals surface area contributed by atoms with Gasteiger partial charge in [0.1, 0.15) is 5.78 Å². The first-order valence-corrected chi connectivity index (χ1v) is 6.66. The Morgan fingerprint density at radius 1 is 1.00 bits per heavy atom. The van der Waals surface area contributed by atoms with E-state index in [0.717, 1.165) is 36.9 Å². The summed E-state index contributed by atoms with van der Waals surface area (Å²) in [6.07, 6.45) is 3.89. The van der Waals surface area contributed by atoms with Crippen molar-refractivity contribution in [3.05, 3.63) is 35.4 Å². The molecule has 1 aliphatic carbocycles. The van der Waals surface area contributed by atoms with Gasteiger partial charge in [-0.05, 0) is 30.9 Å². The monoisotopic (exact) mass is 243 g/mol. The minimum absolute atomic E-state index is 0.149. The van der Waals surface area contributed by atoms with Crippen molar-refractivity contribution in [3.63, 3.8) is 0 Å². The van der Waals surface area contributed by atoms with Gasteiger partial charge >= 0.3 is 0 Å². The van der Waals surface area contributed by atoms with Crippen LogP contribution < -0.4 is 0 Å². The number of amides is 1. The van der Waals surface area contributed by atoms with Crippen LogP contribution in [0.2, 0.25) is 0 Å². The van der Waals surface area contributed by atoms with E-state index in [9.17, 15) is 9.59 Å². The van der Waals surface area contributed by atoms with Gasteiger partial charge in [-0.3, -0.25) is 9.59 Å². The Morgan fingerprint density at radius 2 is 1.72 bits per heavy atom. The molecule has 0 aromatic heterocycles. The normalized spacial score (nSPS) is 21.0. The van der Waals surface area contributed by atoms with E-state index in [1.54, 1.807) is 0 Å². The Bertz CT molecular complexity index is 485. The maximum Gasteiger partial charge on any atom is 0.254 e. The van der Waals surface area contributed by atoms with E-state index >= 15 is 0 Å². The average Bonchev–Trinajstić information content (AvgIpc) is 2.41. The zero-order chi connectivity index (χ0) is 12.5. The third-order valence-electron chi connectivity index (χ3n) is 4.08. The van der Waals surface area contributed by atoms with Crippen LogP contribution in [0.4, 0.5) is 0 Å². The van der Waals surface area contributed by atoms with E-state index < -0.39 is 0 Å². The topological polar surface area (TPSA) is 37.4 Å². The molecule has 1 saturated carbocycles. The molecule has 2 aliphatic rings. The van der Waals surface area contributed by atoms with Gasteiger partial charge in [-0.2, -0.15) is 0 Å². The van der Waals surface area contributed by atoms with Gasteiger partial charge in [0.2, 0.25) is 0 Å². The Balaban J connectivity index is 1.80. The molecule has 1 heterocycles. The van der Waals surface area contributed by atoms with Crippen molar-refractivity contribution in [2.24, 2.45) is 0 Å². The number of hydrogen-bond donors (Lipinski definition) is 0. The summed E-state index contributed by atoms with van der Waals surface area (Å²) >= 11 is 0. The Morgan fingerprint density at radius 3 is 2.50 bits per heavy atom. The Hall–Kier alpha value is -1.64. The summed E-state index contributed by atoms with van der Waals surface area (Å²) < 4.78 is 0. The molecule has 0 bridgehead atoms. The van der Waals surface area contributed by atoms with E-state index in [1.165, 1.54) is 0 Å². The van der Waals surface area contributed by atoms with Crippen molar-refractivity contribution in [2.45, 2.75) is 38.1 Å². The van der Waals surface area contributed by atoms with E-state index in [2.05, 4.69) is 0 Å². The molecule has 94 valence electrons. The predicted octanol–water partition coefficient (Wildman–Crippen LogP) is 2.20. The van der Waals surface area contributed by atoms with Crippen LogP contribution in [-0.4, -0.2) is 29.2 Å². The van der Waals surface area contributed by atoms with Crippen LogP contribution in [-0.2, 0) is 11.2 Å². The van der Waals surface area contributed by atoms with E-state index in [0.29, 0.717) is 18.6 Å². The molecule has 3 rings (SSSR count). The molecule has 1 aliphatic heterocycles. The smallest absolute Gasteiger partial charge is 0.254 e. The SMILES string of the molecule is O=C1CCC(N2CCc3ccccc3C2=O)CC1. The van der Waals surface area contributed by atoms with Gasteiger partial charge in [0.05, 0.1) is 0 Å². The van der Waals surface area contributed by atoms with Crippen LogP contribution in [0.3, 0.4) is 0 Å². The Labute approximate surface area is 107 Å². The zero-order valence-corrected chi connectivity index (χ0v) is 10.4. The van der Waals surface area contributed by atoms with Crippen LogP contribution >= 0.6 is 0 Å². The number of carbonyl (C=O) groups is 2. The van der Waals surface area contributed by atoms with Crippen molar-refractivity contribution >= 4 is 11.7 Å². The van der Waals surface area contributed by atoms with Gasteiger partial charge in [0.25, 0.3) is 5.91 Å². The van der Waals surface area contributed by atoms with Crippen LogP contribution in [0.25, 0.3) is 0 Å². The van der Waals surface area contributed by atoms with Crippen molar-refractivity contribution in [1.82, 2.24) is 4.90 Å². The average molecular weight is 243 g/mol. The second-order valence-corrected chi connectivity index (χ2v) is 5.18. The fraction of sp³-hybridized carbons (Fsp3) is 0.467. The lowest BCUT2D eigenvalue weighted by Gasteiger charge is -2.37. The van der Waals surface area contributed by atoms with Gasteiger partial charge in [-0.25, -0.2) is 0 Å². The highest BCUT2D eigenvalue weighted by Gasteiger charge is 2.31. The highest BCUT2D eigenvalue weighted by molar-refractivity contribution is 5.97. The van der Waals surface area contributed by atoms with Crippen molar-refractivity contribution in [1.29, 1.82) is 0 Å². The number of ketones is 1. The lowest BCUT2D eigenvalue weighted by molar-refractivity contribution is -0.121. The number of nitrogens with zero attached hydrogens (tertiary/aromatic N) is 1. The maximum absolute atomic E-state index is 12.4. The van der Waals surface area contributed by atoms with Crippen LogP contribution in [0.5, 0.6) is 0 Å². The molecular weight excluding hydrogens is 226 g/mol. The van der Waals surface area contributed by atoms with E-state index in [-0.39, 0.29) is 11.9 Å². The van der Waals surface area contributed by atoms with Gasteiger partial charge in [0.15, 0.2) is 0 Å². The van der Waals surface area contributed by atoms with Gasteiger partial charge in [-0.15, -0.1) is 0 Å². The molecule has 0 radical (unpaired) electrons. The number of fused-ring (bicyclic) bond motifs is 1. The first-order chi connectivity index (χ1) is 8.75. The minimum Gasteiger partial charge on any atom is -0.335 e. The third kappa shape index (κ3) is 1.94.